The van der Waals surface area contributed by atoms with Gasteiger partial charge in [0.15, 0.2) is 0 Å². The highest BCUT2D eigenvalue weighted by Crippen LogP contribution is 2.15. The summed E-state index contributed by atoms with van der Waals surface area (Å²) < 4.78 is 0. The Morgan fingerprint density at radius 1 is 0.864 bits per heavy atom. The molecule has 0 heterocycles. The van der Waals surface area contributed by atoms with Crippen LogP contribution in [0.2, 0.25) is 0 Å². The Morgan fingerprint density at radius 3 is 1.91 bits per heavy atom. The molecule has 0 aromatic rings. The van der Waals surface area contributed by atoms with E-state index in [2.05, 4.69) is 6.58 Å². The molecule has 0 aliphatic heterocycles. The standard InChI is InChI=1S/C14H26O8/c1-8(14(21)22)5-3-2-4-6-9(16)11(18)13(20)12(19)10(17)7-15/h9-13,15-20H,1-7H2,(H,21,22)/t9?,10-,11+,12-,13-/m1/s1. The molecule has 0 rings (SSSR count). The largest absolute Gasteiger partial charge is 0.478 e. The SMILES string of the molecule is C=C(CCCCCC(O)[C@H](O)[C@@H](O)[C@H](O)[C@H](O)CO)C(=O)O. The van der Waals surface area contributed by atoms with Gasteiger partial charge in [0.25, 0.3) is 0 Å². The molecule has 0 saturated carbocycles. The van der Waals surface area contributed by atoms with Crippen molar-refractivity contribution < 1.29 is 40.5 Å². The number of aliphatic hydroxyl groups is 6. The fourth-order valence-electron chi connectivity index (χ4n) is 1.91. The predicted molar refractivity (Wildman–Crippen MR) is 77.0 cm³/mol. The van der Waals surface area contributed by atoms with E-state index in [9.17, 15) is 25.2 Å². The second kappa shape index (κ2) is 10.7. The highest BCUT2D eigenvalue weighted by Gasteiger charge is 2.33. The van der Waals surface area contributed by atoms with E-state index in [4.69, 9.17) is 15.3 Å². The van der Waals surface area contributed by atoms with E-state index < -0.39 is 43.1 Å². The van der Waals surface area contributed by atoms with Crippen LogP contribution in [0.3, 0.4) is 0 Å². The maximum Gasteiger partial charge on any atom is 0.330 e. The summed E-state index contributed by atoms with van der Waals surface area (Å²) in [6.07, 6.45) is -6.01. The van der Waals surface area contributed by atoms with Crippen LogP contribution in [0.1, 0.15) is 32.1 Å². The van der Waals surface area contributed by atoms with Gasteiger partial charge in [0.05, 0.1) is 12.7 Å². The molecule has 0 aromatic carbocycles. The minimum absolute atomic E-state index is 0.108. The van der Waals surface area contributed by atoms with Gasteiger partial charge in [0.1, 0.15) is 24.4 Å². The lowest BCUT2D eigenvalue weighted by Crippen LogP contribution is -2.49. The van der Waals surface area contributed by atoms with Crippen molar-refractivity contribution in [3.63, 3.8) is 0 Å². The van der Waals surface area contributed by atoms with Crippen LogP contribution < -0.4 is 0 Å². The van der Waals surface area contributed by atoms with Crippen molar-refractivity contribution in [3.05, 3.63) is 12.2 Å². The summed E-state index contributed by atoms with van der Waals surface area (Å²) in [5.74, 6) is -1.05. The first-order valence-electron chi connectivity index (χ1n) is 7.14. The zero-order valence-electron chi connectivity index (χ0n) is 12.4. The van der Waals surface area contributed by atoms with Gasteiger partial charge >= 0.3 is 5.97 Å². The summed E-state index contributed by atoms with van der Waals surface area (Å²) in [5, 5.41) is 64.8. The molecular formula is C14H26O8. The molecule has 22 heavy (non-hydrogen) atoms. The molecular weight excluding hydrogens is 296 g/mol. The second-order valence-corrected chi connectivity index (χ2v) is 5.30. The minimum atomic E-state index is -1.79. The summed E-state index contributed by atoms with van der Waals surface area (Å²) in [7, 11) is 0. The van der Waals surface area contributed by atoms with Crippen molar-refractivity contribution in [1.29, 1.82) is 0 Å². The Hall–Kier alpha value is -1.03. The van der Waals surface area contributed by atoms with Crippen molar-refractivity contribution in [1.82, 2.24) is 0 Å². The summed E-state index contributed by atoms with van der Waals surface area (Å²) >= 11 is 0. The Kier molecular flexibility index (Phi) is 10.2. The lowest BCUT2D eigenvalue weighted by molar-refractivity contribution is -0.141. The maximum atomic E-state index is 10.5. The van der Waals surface area contributed by atoms with Gasteiger partial charge in [0, 0.05) is 5.57 Å². The zero-order chi connectivity index (χ0) is 17.3. The average Bonchev–Trinajstić information content (AvgIpc) is 2.50. The van der Waals surface area contributed by atoms with Gasteiger partial charge in [-0.1, -0.05) is 19.4 Å². The summed E-state index contributed by atoms with van der Waals surface area (Å²) in [6.45, 7) is 2.61. The molecule has 130 valence electrons. The Balaban J connectivity index is 4.03. The number of carboxylic acid groups (broad SMARTS) is 1. The number of hydrogen-bond acceptors (Lipinski definition) is 7. The van der Waals surface area contributed by atoms with E-state index in [0.29, 0.717) is 25.7 Å². The fourth-order valence-corrected chi connectivity index (χ4v) is 1.91. The molecule has 8 heteroatoms. The van der Waals surface area contributed by atoms with E-state index in [1.807, 2.05) is 0 Å². The normalized spacial score (nSPS) is 18.3. The van der Waals surface area contributed by atoms with Crippen LogP contribution in [-0.2, 0) is 4.79 Å². The fraction of sp³-hybridized carbons (Fsp3) is 0.786. The van der Waals surface area contributed by atoms with E-state index >= 15 is 0 Å². The molecule has 0 amide bonds. The summed E-state index contributed by atoms with van der Waals surface area (Å²) in [5.41, 5.74) is 0.108. The van der Waals surface area contributed by atoms with Gasteiger partial charge in [-0.2, -0.15) is 0 Å². The van der Waals surface area contributed by atoms with E-state index in [0.717, 1.165) is 0 Å². The van der Waals surface area contributed by atoms with Gasteiger partial charge in [0.2, 0.25) is 0 Å². The Labute approximate surface area is 129 Å². The van der Waals surface area contributed by atoms with Gasteiger partial charge in [-0.15, -0.1) is 0 Å². The molecule has 8 nitrogen and oxygen atoms in total. The van der Waals surface area contributed by atoms with Crippen molar-refractivity contribution in [2.24, 2.45) is 0 Å². The number of hydrogen-bond donors (Lipinski definition) is 7. The number of rotatable bonds is 12. The van der Waals surface area contributed by atoms with Crippen LogP contribution in [-0.4, -0.2) is 78.8 Å². The van der Waals surface area contributed by atoms with Crippen LogP contribution in [0.5, 0.6) is 0 Å². The third kappa shape index (κ3) is 7.30. The third-order valence-corrected chi connectivity index (χ3v) is 3.46. The molecule has 5 atom stereocenters. The first-order chi connectivity index (χ1) is 10.2. The lowest BCUT2D eigenvalue weighted by atomic mass is 9.96. The van der Waals surface area contributed by atoms with E-state index in [-0.39, 0.29) is 12.0 Å². The van der Waals surface area contributed by atoms with Crippen LogP contribution in [0.4, 0.5) is 0 Å². The quantitative estimate of drug-likeness (QED) is 0.167. The number of aliphatic hydroxyl groups excluding tert-OH is 6. The van der Waals surface area contributed by atoms with Crippen LogP contribution in [0.15, 0.2) is 12.2 Å². The lowest BCUT2D eigenvalue weighted by Gasteiger charge is -2.28. The summed E-state index contributed by atoms with van der Waals surface area (Å²) in [6, 6.07) is 0. The Bertz CT molecular complexity index is 346. The molecule has 0 spiro atoms. The van der Waals surface area contributed by atoms with Gasteiger partial charge < -0.3 is 35.7 Å². The molecule has 0 saturated heterocycles. The molecule has 0 radical (unpaired) electrons. The molecule has 1 unspecified atom stereocenters. The smallest absolute Gasteiger partial charge is 0.330 e. The number of carbonyl (C=O) groups is 1. The maximum absolute atomic E-state index is 10.5. The molecule has 0 fully saturated rings. The number of aliphatic carboxylic acids is 1. The zero-order valence-corrected chi connectivity index (χ0v) is 12.4. The van der Waals surface area contributed by atoms with Crippen LogP contribution in [0.25, 0.3) is 0 Å². The topological polar surface area (TPSA) is 159 Å². The molecule has 0 aliphatic carbocycles. The van der Waals surface area contributed by atoms with Gasteiger partial charge in [-0.05, 0) is 19.3 Å². The van der Waals surface area contributed by atoms with E-state index in [1.54, 1.807) is 0 Å². The monoisotopic (exact) mass is 322 g/mol. The van der Waals surface area contributed by atoms with Gasteiger partial charge in [-0.3, -0.25) is 0 Å². The predicted octanol–water partition coefficient (Wildman–Crippen LogP) is -1.63. The highest BCUT2D eigenvalue weighted by molar-refractivity contribution is 5.85. The van der Waals surface area contributed by atoms with Crippen molar-refractivity contribution >= 4 is 5.97 Å². The molecule has 0 aromatic heterocycles. The molecule has 0 aliphatic rings. The van der Waals surface area contributed by atoms with Crippen LogP contribution >= 0.6 is 0 Å². The minimum Gasteiger partial charge on any atom is -0.478 e. The summed E-state index contributed by atoms with van der Waals surface area (Å²) in [4.78, 5) is 10.5. The van der Waals surface area contributed by atoms with Crippen molar-refractivity contribution in [2.75, 3.05) is 6.61 Å². The first kappa shape index (κ1) is 21.0. The van der Waals surface area contributed by atoms with Crippen LogP contribution in [0, 0.1) is 0 Å². The Morgan fingerprint density at radius 2 is 1.41 bits per heavy atom. The molecule has 0 bridgehead atoms. The average molecular weight is 322 g/mol. The second-order valence-electron chi connectivity index (χ2n) is 5.30. The first-order valence-corrected chi connectivity index (χ1v) is 7.14. The molecule has 7 N–H and O–H groups in total. The van der Waals surface area contributed by atoms with Crippen molar-refractivity contribution in [3.8, 4) is 0 Å². The highest BCUT2D eigenvalue weighted by atomic mass is 16.4. The number of unbranched alkanes of at least 4 members (excludes halogenated alkanes) is 2. The third-order valence-electron chi connectivity index (χ3n) is 3.46. The van der Waals surface area contributed by atoms with Crippen molar-refractivity contribution in [2.45, 2.75) is 62.6 Å². The van der Waals surface area contributed by atoms with E-state index in [1.165, 1.54) is 0 Å². The number of carboxylic acids is 1. The van der Waals surface area contributed by atoms with Gasteiger partial charge in [-0.25, -0.2) is 4.79 Å².